The highest BCUT2D eigenvalue weighted by Crippen LogP contribution is 2.39. The molecule has 0 radical (unpaired) electrons. The number of ether oxygens (including phenoxy) is 1. The molecular weight excluding hydrogens is 417 g/mol. The monoisotopic (exact) mass is 428 g/mol. The molecule has 1 amide bonds. The first-order valence-corrected chi connectivity index (χ1v) is 8.90. The van der Waals surface area contributed by atoms with E-state index in [1.165, 1.54) is 31.4 Å². The number of alkyl halides is 3. The summed E-state index contributed by atoms with van der Waals surface area (Å²) in [7, 11) is 1.39. The lowest BCUT2D eigenvalue weighted by molar-refractivity contribution is -0.137. The van der Waals surface area contributed by atoms with Crippen molar-refractivity contribution >= 4 is 46.2 Å². The lowest BCUT2D eigenvalue weighted by Crippen LogP contribution is -2.19. The average molecular weight is 429 g/mol. The topological polar surface area (TPSA) is 70.9 Å². The number of amides is 1. The number of halogens is 4. The van der Waals surface area contributed by atoms with Crippen LogP contribution >= 0.6 is 23.4 Å². The summed E-state index contributed by atoms with van der Waals surface area (Å²) in [6.07, 6.45) is -3.13. The molecule has 2 aromatic rings. The van der Waals surface area contributed by atoms with E-state index in [1.807, 2.05) is 0 Å². The van der Waals surface area contributed by atoms with Crippen molar-refractivity contribution in [1.29, 1.82) is 0 Å². The quantitative estimate of drug-likeness (QED) is 0.677. The van der Waals surface area contributed by atoms with E-state index in [-0.39, 0.29) is 32.3 Å². The molecule has 0 bridgehead atoms. The summed E-state index contributed by atoms with van der Waals surface area (Å²) < 4.78 is 44.5. The molecule has 2 aromatic carbocycles. The van der Waals surface area contributed by atoms with E-state index in [1.54, 1.807) is 6.07 Å². The van der Waals surface area contributed by atoms with Crippen LogP contribution in [0.25, 0.3) is 6.08 Å². The molecule has 0 aromatic heterocycles. The minimum absolute atomic E-state index is 0.00909. The maximum Gasteiger partial charge on any atom is 0.418 e. The van der Waals surface area contributed by atoms with E-state index in [4.69, 9.17) is 16.3 Å². The van der Waals surface area contributed by atoms with Crippen molar-refractivity contribution in [2.45, 2.75) is 6.18 Å². The summed E-state index contributed by atoms with van der Waals surface area (Å²) >= 11 is 6.55. The van der Waals surface area contributed by atoms with Gasteiger partial charge in [0.15, 0.2) is 16.7 Å². The smallest absolute Gasteiger partial charge is 0.418 e. The lowest BCUT2D eigenvalue weighted by Gasteiger charge is -2.10. The average Bonchev–Trinajstić information content (AvgIpc) is 2.96. The van der Waals surface area contributed by atoms with Crippen LogP contribution in [-0.4, -0.2) is 23.3 Å². The highest BCUT2D eigenvalue weighted by molar-refractivity contribution is 8.18. The van der Waals surface area contributed by atoms with Crippen molar-refractivity contribution in [3.8, 4) is 11.5 Å². The molecule has 5 nitrogen and oxygen atoms in total. The standard InChI is InChI=1S/C18H12ClF3N2O3S/c1-27-14-6-9(2-5-13(14)25)7-15-16(26)24-17(28-15)23-12-4-3-10(19)8-11(12)18(20,21)22/h2-8,25H,1H3,(H,23,24,26)/b15-7-. The number of rotatable bonds is 3. The SMILES string of the molecule is COc1cc(/C=C2\SC(=Nc3ccc(Cl)cc3C(F)(F)F)NC2=O)ccc1O. The van der Waals surface area contributed by atoms with E-state index in [0.717, 1.165) is 23.9 Å². The van der Waals surface area contributed by atoms with E-state index >= 15 is 0 Å². The van der Waals surface area contributed by atoms with Crippen molar-refractivity contribution in [2.24, 2.45) is 4.99 Å². The van der Waals surface area contributed by atoms with Gasteiger partial charge in [0.2, 0.25) is 0 Å². The number of thioether (sulfide) groups is 1. The van der Waals surface area contributed by atoms with Crippen molar-refractivity contribution in [3.63, 3.8) is 0 Å². The minimum atomic E-state index is -4.64. The Morgan fingerprint density at radius 1 is 1.25 bits per heavy atom. The number of nitrogens with one attached hydrogen (secondary N) is 1. The molecule has 0 atom stereocenters. The Kier molecular flexibility index (Phi) is 5.57. The number of nitrogens with zero attached hydrogens (tertiary/aromatic N) is 1. The summed E-state index contributed by atoms with van der Waals surface area (Å²) in [6.45, 7) is 0. The number of benzene rings is 2. The van der Waals surface area contributed by atoms with Gasteiger partial charge in [0.05, 0.1) is 23.3 Å². The van der Waals surface area contributed by atoms with Crippen LogP contribution in [0, 0.1) is 0 Å². The molecule has 0 unspecified atom stereocenters. The molecule has 3 rings (SSSR count). The Hall–Kier alpha value is -2.65. The third-order valence-electron chi connectivity index (χ3n) is 3.64. The van der Waals surface area contributed by atoms with Gasteiger partial charge in [-0.2, -0.15) is 13.2 Å². The van der Waals surface area contributed by atoms with E-state index in [0.29, 0.717) is 5.56 Å². The fourth-order valence-corrected chi connectivity index (χ4v) is 3.36. The maximum absolute atomic E-state index is 13.2. The van der Waals surface area contributed by atoms with Crippen molar-refractivity contribution in [2.75, 3.05) is 7.11 Å². The fraction of sp³-hybridized carbons (Fsp3) is 0.111. The molecule has 10 heteroatoms. The summed E-state index contributed by atoms with van der Waals surface area (Å²) in [6, 6.07) is 7.69. The molecule has 1 heterocycles. The zero-order chi connectivity index (χ0) is 20.5. The number of hydrogen-bond acceptors (Lipinski definition) is 5. The third kappa shape index (κ3) is 4.42. The Morgan fingerprint density at radius 2 is 2.00 bits per heavy atom. The molecule has 1 aliphatic heterocycles. The first kappa shape index (κ1) is 20.1. The van der Waals surface area contributed by atoms with Gasteiger partial charge in [-0.15, -0.1) is 0 Å². The van der Waals surface area contributed by atoms with Crippen LogP contribution in [0.3, 0.4) is 0 Å². The van der Waals surface area contributed by atoms with E-state index in [2.05, 4.69) is 10.3 Å². The highest BCUT2D eigenvalue weighted by Gasteiger charge is 2.34. The number of hydrogen-bond donors (Lipinski definition) is 2. The van der Waals surface area contributed by atoms with Gasteiger partial charge in [-0.05, 0) is 53.7 Å². The maximum atomic E-state index is 13.2. The minimum Gasteiger partial charge on any atom is -0.504 e. The van der Waals surface area contributed by atoms with Crippen LogP contribution in [0.15, 0.2) is 46.3 Å². The molecule has 28 heavy (non-hydrogen) atoms. The number of carbonyl (C=O) groups is 1. The second-order valence-corrected chi connectivity index (χ2v) is 7.04. The number of methoxy groups -OCH3 is 1. The zero-order valence-electron chi connectivity index (χ0n) is 14.2. The van der Waals surface area contributed by atoms with Crippen LogP contribution in [0.2, 0.25) is 5.02 Å². The summed E-state index contributed by atoms with van der Waals surface area (Å²) in [5.41, 5.74) is -0.786. The van der Waals surface area contributed by atoms with Gasteiger partial charge in [0.25, 0.3) is 5.91 Å². The Bertz CT molecular complexity index is 1010. The first-order valence-electron chi connectivity index (χ1n) is 7.70. The number of amidine groups is 1. The number of aromatic hydroxyl groups is 1. The molecule has 0 aliphatic carbocycles. The second kappa shape index (κ2) is 7.76. The van der Waals surface area contributed by atoms with Crippen LogP contribution < -0.4 is 10.1 Å². The number of phenols is 1. The van der Waals surface area contributed by atoms with Crippen molar-refractivity contribution in [3.05, 3.63) is 57.5 Å². The first-order chi connectivity index (χ1) is 13.2. The van der Waals surface area contributed by atoms with Gasteiger partial charge in [-0.1, -0.05) is 17.7 Å². The predicted molar refractivity (Wildman–Crippen MR) is 102 cm³/mol. The zero-order valence-corrected chi connectivity index (χ0v) is 15.7. The summed E-state index contributed by atoms with van der Waals surface area (Å²) in [4.78, 5) is 16.3. The normalized spacial score (nSPS) is 17.2. The molecule has 0 saturated carbocycles. The molecule has 146 valence electrons. The Balaban J connectivity index is 1.91. The number of aliphatic imine (C=N–C) groups is 1. The Morgan fingerprint density at radius 3 is 2.68 bits per heavy atom. The molecule has 0 spiro atoms. The third-order valence-corrected chi connectivity index (χ3v) is 4.78. The van der Waals surface area contributed by atoms with Crippen LogP contribution in [-0.2, 0) is 11.0 Å². The highest BCUT2D eigenvalue weighted by atomic mass is 35.5. The molecule has 1 aliphatic rings. The number of carbonyl (C=O) groups excluding carboxylic acids is 1. The van der Waals surface area contributed by atoms with Gasteiger partial charge in [-0.3, -0.25) is 4.79 Å². The van der Waals surface area contributed by atoms with E-state index in [9.17, 15) is 23.1 Å². The predicted octanol–water partition coefficient (Wildman–Crippen LogP) is 4.96. The fourth-order valence-electron chi connectivity index (χ4n) is 2.36. The molecule has 2 N–H and O–H groups in total. The second-order valence-electron chi connectivity index (χ2n) is 5.57. The van der Waals surface area contributed by atoms with E-state index < -0.39 is 17.6 Å². The molecule has 1 fully saturated rings. The van der Waals surface area contributed by atoms with Crippen LogP contribution in [0.5, 0.6) is 11.5 Å². The van der Waals surface area contributed by atoms with Crippen molar-refractivity contribution in [1.82, 2.24) is 5.32 Å². The summed E-state index contributed by atoms with van der Waals surface area (Å²) in [5.74, 6) is -0.334. The largest absolute Gasteiger partial charge is 0.504 e. The summed E-state index contributed by atoms with van der Waals surface area (Å²) in [5, 5.41) is 12.0. The van der Waals surface area contributed by atoms with Gasteiger partial charge in [0, 0.05) is 5.02 Å². The van der Waals surface area contributed by atoms with Crippen molar-refractivity contribution < 1.29 is 27.8 Å². The van der Waals surface area contributed by atoms with Gasteiger partial charge in [-0.25, -0.2) is 4.99 Å². The lowest BCUT2D eigenvalue weighted by atomic mass is 10.2. The van der Waals surface area contributed by atoms with Gasteiger partial charge >= 0.3 is 6.18 Å². The molecular formula is C18H12ClF3N2O3S. The van der Waals surface area contributed by atoms with Crippen LogP contribution in [0.4, 0.5) is 18.9 Å². The van der Waals surface area contributed by atoms with Gasteiger partial charge < -0.3 is 15.2 Å². The van der Waals surface area contributed by atoms with Gasteiger partial charge in [0.1, 0.15) is 0 Å². The molecule has 1 saturated heterocycles. The number of phenolic OH excluding ortho intramolecular Hbond substituents is 1. The van der Waals surface area contributed by atoms with Crippen LogP contribution in [0.1, 0.15) is 11.1 Å². The Labute approximate surface area is 166 Å².